The van der Waals surface area contributed by atoms with Gasteiger partial charge in [-0.1, -0.05) is 23.4 Å². The topological polar surface area (TPSA) is 48.1 Å². The number of ether oxygens (including phenoxy) is 1. The molecule has 2 atom stereocenters. The Labute approximate surface area is 105 Å². The molecule has 1 aromatic rings. The van der Waals surface area contributed by atoms with Crippen molar-refractivity contribution >= 4 is 23.4 Å². The summed E-state index contributed by atoms with van der Waals surface area (Å²) < 4.78 is 5.52. The monoisotopic (exact) mass is 258 g/mol. The second kappa shape index (κ2) is 5.36. The lowest BCUT2D eigenvalue weighted by molar-refractivity contribution is 0.127. The molecule has 0 aromatic carbocycles. The Bertz CT molecular complexity index is 375. The predicted molar refractivity (Wildman–Crippen MR) is 66.8 cm³/mol. The van der Waals surface area contributed by atoms with Gasteiger partial charge in [0.25, 0.3) is 0 Å². The number of halogens is 1. The zero-order chi connectivity index (χ0) is 11.5. The van der Waals surface area contributed by atoms with Gasteiger partial charge < -0.3 is 10.5 Å². The summed E-state index contributed by atoms with van der Waals surface area (Å²) in [4.78, 5) is 4.30. The van der Waals surface area contributed by atoms with E-state index in [1.54, 1.807) is 18.0 Å². The van der Waals surface area contributed by atoms with Gasteiger partial charge in [-0.25, -0.2) is 4.98 Å². The molecule has 88 valence electrons. The van der Waals surface area contributed by atoms with E-state index in [4.69, 9.17) is 22.1 Å². The largest absolute Gasteiger partial charge is 0.377 e. The Hall–Kier alpha value is -0.290. The van der Waals surface area contributed by atoms with Crippen LogP contribution in [-0.2, 0) is 11.3 Å². The number of nitrogens with zero attached hydrogens (tertiary/aromatic N) is 1. The standard InChI is InChI=1S/C11H15ClN2OS/c1-7-9(3-5-15-7)16-11-10(12)8(6-13)2-4-14-11/h2,4,7,9H,3,5-6,13H2,1H3. The Morgan fingerprint density at radius 2 is 2.50 bits per heavy atom. The number of thioether (sulfide) groups is 1. The fraction of sp³-hybridized carbons (Fsp3) is 0.545. The first-order valence-corrected chi connectivity index (χ1v) is 6.60. The highest BCUT2D eigenvalue weighted by molar-refractivity contribution is 8.00. The van der Waals surface area contributed by atoms with E-state index in [2.05, 4.69) is 11.9 Å². The van der Waals surface area contributed by atoms with Crippen molar-refractivity contribution in [2.24, 2.45) is 5.73 Å². The summed E-state index contributed by atoms with van der Waals surface area (Å²) in [6.45, 7) is 3.37. The highest BCUT2D eigenvalue weighted by Gasteiger charge is 2.26. The van der Waals surface area contributed by atoms with E-state index < -0.39 is 0 Å². The fourth-order valence-electron chi connectivity index (χ4n) is 1.71. The van der Waals surface area contributed by atoms with Crippen LogP contribution in [0.2, 0.25) is 5.02 Å². The van der Waals surface area contributed by atoms with Gasteiger partial charge in [0.05, 0.1) is 11.1 Å². The Kier molecular flexibility index (Phi) is 4.08. The van der Waals surface area contributed by atoms with Gasteiger partial charge in [-0.3, -0.25) is 0 Å². The Morgan fingerprint density at radius 1 is 1.69 bits per heavy atom. The van der Waals surface area contributed by atoms with Gasteiger partial charge in [0.15, 0.2) is 0 Å². The van der Waals surface area contributed by atoms with E-state index in [1.165, 1.54) is 0 Å². The zero-order valence-electron chi connectivity index (χ0n) is 9.15. The van der Waals surface area contributed by atoms with Crippen LogP contribution in [0.5, 0.6) is 0 Å². The van der Waals surface area contributed by atoms with Crippen molar-refractivity contribution in [3.63, 3.8) is 0 Å². The number of hydrogen-bond donors (Lipinski definition) is 1. The van der Waals surface area contributed by atoms with Crippen LogP contribution in [0.1, 0.15) is 18.9 Å². The van der Waals surface area contributed by atoms with Crippen LogP contribution in [0.3, 0.4) is 0 Å². The minimum absolute atomic E-state index is 0.268. The van der Waals surface area contributed by atoms with Gasteiger partial charge in [-0.15, -0.1) is 0 Å². The third-order valence-corrected chi connectivity index (χ3v) is 4.72. The quantitative estimate of drug-likeness (QED) is 0.905. The second-order valence-corrected chi connectivity index (χ2v) is 5.42. The molecule has 0 spiro atoms. The molecular formula is C11H15ClN2OS. The van der Waals surface area contributed by atoms with Crippen LogP contribution in [0, 0.1) is 0 Å². The first kappa shape index (κ1) is 12.2. The maximum Gasteiger partial charge on any atom is 0.115 e. The van der Waals surface area contributed by atoms with Gasteiger partial charge in [0, 0.05) is 24.6 Å². The molecule has 0 amide bonds. The van der Waals surface area contributed by atoms with E-state index in [0.29, 0.717) is 16.8 Å². The second-order valence-electron chi connectivity index (χ2n) is 3.81. The van der Waals surface area contributed by atoms with Crippen molar-refractivity contribution in [2.75, 3.05) is 6.61 Å². The number of nitrogens with two attached hydrogens (primary N) is 1. The number of pyridine rings is 1. The van der Waals surface area contributed by atoms with Crippen molar-refractivity contribution < 1.29 is 4.74 Å². The third-order valence-electron chi connectivity index (χ3n) is 2.73. The van der Waals surface area contributed by atoms with Gasteiger partial charge in [-0.2, -0.15) is 0 Å². The number of aromatic nitrogens is 1. The fourth-order valence-corrected chi connectivity index (χ4v) is 3.16. The molecule has 5 heteroatoms. The summed E-state index contributed by atoms with van der Waals surface area (Å²) in [5.74, 6) is 0. The smallest absolute Gasteiger partial charge is 0.115 e. The molecule has 0 bridgehead atoms. The van der Waals surface area contributed by atoms with E-state index >= 15 is 0 Å². The van der Waals surface area contributed by atoms with Crippen LogP contribution >= 0.6 is 23.4 Å². The molecule has 2 heterocycles. The van der Waals surface area contributed by atoms with Crippen molar-refractivity contribution in [1.82, 2.24) is 4.98 Å². The first-order valence-electron chi connectivity index (χ1n) is 5.34. The molecule has 16 heavy (non-hydrogen) atoms. The van der Waals surface area contributed by atoms with Gasteiger partial charge in [0.2, 0.25) is 0 Å². The number of rotatable bonds is 3. The van der Waals surface area contributed by atoms with Gasteiger partial charge in [0.1, 0.15) is 5.03 Å². The highest BCUT2D eigenvalue weighted by Crippen LogP contribution is 2.36. The maximum absolute atomic E-state index is 6.23. The van der Waals surface area contributed by atoms with Crippen molar-refractivity contribution in [2.45, 2.75) is 36.3 Å². The van der Waals surface area contributed by atoms with Crippen molar-refractivity contribution in [1.29, 1.82) is 0 Å². The molecule has 0 aliphatic carbocycles. The molecule has 3 nitrogen and oxygen atoms in total. The normalized spacial score (nSPS) is 24.9. The summed E-state index contributed by atoms with van der Waals surface area (Å²) >= 11 is 7.92. The average molecular weight is 259 g/mol. The summed E-state index contributed by atoms with van der Waals surface area (Å²) in [5.41, 5.74) is 6.56. The summed E-state index contributed by atoms with van der Waals surface area (Å²) in [6.07, 6.45) is 3.08. The maximum atomic E-state index is 6.23. The highest BCUT2D eigenvalue weighted by atomic mass is 35.5. The molecule has 1 fully saturated rings. The van der Waals surface area contributed by atoms with Crippen LogP contribution in [0.15, 0.2) is 17.3 Å². The van der Waals surface area contributed by atoms with Crippen LogP contribution in [0.4, 0.5) is 0 Å². The van der Waals surface area contributed by atoms with E-state index in [9.17, 15) is 0 Å². The van der Waals surface area contributed by atoms with Gasteiger partial charge >= 0.3 is 0 Å². The number of hydrogen-bond acceptors (Lipinski definition) is 4. The Balaban J connectivity index is 2.14. The molecule has 1 aliphatic heterocycles. The third kappa shape index (κ3) is 2.51. The Morgan fingerprint density at radius 3 is 3.12 bits per heavy atom. The average Bonchev–Trinajstić information content (AvgIpc) is 2.68. The minimum Gasteiger partial charge on any atom is -0.377 e. The van der Waals surface area contributed by atoms with Gasteiger partial charge in [-0.05, 0) is 25.0 Å². The molecule has 1 aliphatic rings. The minimum atomic E-state index is 0.268. The molecule has 1 aromatic heterocycles. The van der Waals surface area contributed by atoms with E-state index in [-0.39, 0.29) is 6.10 Å². The molecule has 1 saturated heterocycles. The molecule has 0 radical (unpaired) electrons. The summed E-state index contributed by atoms with van der Waals surface area (Å²) in [7, 11) is 0. The summed E-state index contributed by atoms with van der Waals surface area (Å²) in [6, 6.07) is 1.86. The molecule has 0 saturated carbocycles. The van der Waals surface area contributed by atoms with Crippen LogP contribution in [0.25, 0.3) is 0 Å². The lowest BCUT2D eigenvalue weighted by Crippen LogP contribution is -2.13. The van der Waals surface area contributed by atoms with Crippen molar-refractivity contribution in [3.8, 4) is 0 Å². The van der Waals surface area contributed by atoms with Crippen LogP contribution in [-0.4, -0.2) is 22.9 Å². The summed E-state index contributed by atoms with van der Waals surface area (Å²) in [5, 5.41) is 2.00. The van der Waals surface area contributed by atoms with E-state index in [0.717, 1.165) is 23.6 Å². The predicted octanol–water partition coefficient (Wildman–Crippen LogP) is 2.46. The zero-order valence-corrected chi connectivity index (χ0v) is 10.7. The first-order chi connectivity index (χ1) is 7.72. The SMILES string of the molecule is CC1OCCC1Sc1nccc(CN)c1Cl. The molecule has 2 rings (SSSR count). The van der Waals surface area contributed by atoms with Crippen LogP contribution < -0.4 is 5.73 Å². The van der Waals surface area contributed by atoms with Crippen molar-refractivity contribution in [3.05, 3.63) is 22.8 Å². The molecule has 2 unspecified atom stereocenters. The lowest BCUT2D eigenvalue weighted by atomic mass is 10.2. The molecule has 2 N–H and O–H groups in total. The molecular weight excluding hydrogens is 244 g/mol. The lowest BCUT2D eigenvalue weighted by Gasteiger charge is -2.14. The van der Waals surface area contributed by atoms with E-state index in [1.807, 2.05) is 6.07 Å².